The second-order valence-electron chi connectivity index (χ2n) is 6.00. The first-order valence-corrected chi connectivity index (χ1v) is 6.51. The van der Waals surface area contributed by atoms with Gasteiger partial charge in [0, 0.05) is 31.2 Å². The third kappa shape index (κ3) is 3.30. The molecule has 1 aliphatic rings. The molecular weight excluding hydrogens is 208 g/mol. The van der Waals surface area contributed by atoms with E-state index in [0.717, 1.165) is 19.6 Å². The number of hydrogen-bond acceptors (Lipinski definition) is 2. The van der Waals surface area contributed by atoms with Crippen molar-refractivity contribution >= 4 is 0 Å². The van der Waals surface area contributed by atoms with E-state index in [2.05, 4.69) is 62.2 Å². The number of nitrogens with one attached hydrogen (secondary N) is 1. The van der Waals surface area contributed by atoms with Crippen LogP contribution in [0.15, 0.2) is 24.3 Å². The number of benzene rings is 1. The lowest BCUT2D eigenvalue weighted by Gasteiger charge is -2.43. The second-order valence-corrected chi connectivity index (χ2v) is 6.00. The minimum absolute atomic E-state index is 0.233. The van der Waals surface area contributed by atoms with Crippen LogP contribution in [0.5, 0.6) is 0 Å². The van der Waals surface area contributed by atoms with Crippen molar-refractivity contribution in [2.24, 2.45) is 0 Å². The summed E-state index contributed by atoms with van der Waals surface area (Å²) in [7, 11) is 0. The number of aryl methyl sites for hydroxylation is 1. The number of nitrogens with zero attached hydrogens (tertiary/aromatic N) is 1. The van der Waals surface area contributed by atoms with Crippen LogP contribution < -0.4 is 5.32 Å². The van der Waals surface area contributed by atoms with Gasteiger partial charge in [0.2, 0.25) is 0 Å². The van der Waals surface area contributed by atoms with Crippen LogP contribution in [-0.4, -0.2) is 29.6 Å². The fraction of sp³-hybridized carbons (Fsp3) is 0.600. The Kier molecular flexibility index (Phi) is 3.55. The molecule has 1 heterocycles. The Hall–Kier alpha value is -0.860. The highest BCUT2D eigenvalue weighted by Gasteiger charge is 2.29. The van der Waals surface area contributed by atoms with Gasteiger partial charge in [-0.15, -0.1) is 0 Å². The van der Waals surface area contributed by atoms with Crippen molar-refractivity contribution in [3.8, 4) is 0 Å². The van der Waals surface area contributed by atoms with E-state index in [1.807, 2.05) is 0 Å². The Labute approximate surface area is 105 Å². The molecule has 0 spiro atoms. The highest BCUT2D eigenvalue weighted by molar-refractivity contribution is 5.21. The van der Waals surface area contributed by atoms with Crippen LogP contribution in [-0.2, 0) is 6.54 Å². The van der Waals surface area contributed by atoms with Gasteiger partial charge in [-0.25, -0.2) is 0 Å². The molecule has 2 rings (SSSR count). The summed E-state index contributed by atoms with van der Waals surface area (Å²) >= 11 is 0. The van der Waals surface area contributed by atoms with Crippen molar-refractivity contribution in [1.29, 1.82) is 0 Å². The molecule has 17 heavy (non-hydrogen) atoms. The maximum Gasteiger partial charge on any atom is 0.0253 e. The van der Waals surface area contributed by atoms with Crippen LogP contribution in [0.3, 0.4) is 0 Å². The molecular formula is C15H24N2. The first-order valence-electron chi connectivity index (χ1n) is 6.51. The molecule has 0 saturated carbocycles. The topological polar surface area (TPSA) is 15.3 Å². The summed E-state index contributed by atoms with van der Waals surface area (Å²) in [6.45, 7) is 12.3. The summed E-state index contributed by atoms with van der Waals surface area (Å²) in [5, 5.41) is 3.59. The molecule has 0 bridgehead atoms. The molecule has 1 aromatic rings. The normalized spacial score (nSPS) is 24.8. The lowest BCUT2D eigenvalue weighted by atomic mass is 9.98. The Balaban J connectivity index is 2.04. The number of piperazine rings is 1. The Morgan fingerprint density at radius 2 is 1.94 bits per heavy atom. The first-order chi connectivity index (χ1) is 7.96. The van der Waals surface area contributed by atoms with Gasteiger partial charge in [0.1, 0.15) is 0 Å². The summed E-state index contributed by atoms with van der Waals surface area (Å²) in [4.78, 5) is 2.57. The fourth-order valence-electron chi connectivity index (χ4n) is 2.41. The average molecular weight is 232 g/mol. The maximum absolute atomic E-state index is 3.59. The van der Waals surface area contributed by atoms with Crippen molar-refractivity contribution in [3.05, 3.63) is 35.4 Å². The molecule has 2 nitrogen and oxygen atoms in total. The third-order valence-electron chi connectivity index (χ3n) is 3.60. The first kappa shape index (κ1) is 12.6. The summed E-state index contributed by atoms with van der Waals surface area (Å²) in [5.41, 5.74) is 2.99. The summed E-state index contributed by atoms with van der Waals surface area (Å²) in [6, 6.07) is 9.51. The van der Waals surface area contributed by atoms with Crippen LogP contribution in [0.1, 0.15) is 31.9 Å². The molecule has 1 aromatic carbocycles. The standard InChI is InChI=1S/C15H24N2/c1-12-5-7-14(8-6-12)10-17-11-15(3,4)16-9-13(17)2/h5-8,13,16H,9-11H2,1-4H3. The molecule has 94 valence electrons. The quantitative estimate of drug-likeness (QED) is 0.843. The van der Waals surface area contributed by atoms with E-state index in [0.29, 0.717) is 6.04 Å². The average Bonchev–Trinajstić information content (AvgIpc) is 2.26. The van der Waals surface area contributed by atoms with Crippen LogP contribution in [0.2, 0.25) is 0 Å². The predicted octanol–water partition coefficient (Wildman–Crippen LogP) is 2.57. The monoisotopic (exact) mass is 232 g/mol. The number of hydrogen-bond donors (Lipinski definition) is 1. The molecule has 0 aliphatic carbocycles. The molecule has 1 aliphatic heterocycles. The third-order valence-corrected chi connectivity index (χ3v) is 3.60. The van der Waals surface area contributed by atoms with Crippen molar-refractivity contribution in [2.45, 2.75) is 45.8 Å². The zero-order chi connectivity index (χ0) is 12.5. The SMILES string of the molecule is Cc1ccc(CN2CC(C)(C)NCC2C)cc1. The van der Waals surface area contributed by atoms with E-state index < -0.39 is 0 Å². The van der Waals surface area contributed by atoms with Crippen molar-refractivity contribution in [3.63, 3.8) is 0 Å². The van der Waals surface area contributed by atoms with Crippen LogP contribution >= 0.6 is 0 Å². The van der Waals surface area contributed by atoms with E-state index >= 15 is 0 Å². The molecule has 0 radical (unpaired) electrons. The van der Waals surface area contributed by atoms with Gasteiger partial charge in [-0.1, -0.05) is 29.8 Å². The molecule has 1 unspecified atom stereocenters. The number of rotatable bonds is 2. The molecule has 1 saturated heterocycles. The fourth-order valence-corrected chi connectivity index (χ4v) is 2.41. The maximum atomic E-state index is 3.59. The molecule has 1 atom stereocenters. The van der Waals surface area contributed by atoms with Crippen LogP contribution in [0.4, 0.5) is 0 Å². The zero-order valence-corrected chi connectivity index (χ0v) is 11.5. The zero-order valence-electron chi connectivity index (χ0n) is 11.5. The van der Waals surface area contributed by atoms with E-state index in [1.165, 1.54) is 11.1 Å². The molecule has 1 N–H and O–H groups in total. The van der Waals surface area contributed by atoms with Gasteiger partial charge >= 0.3 is 0 Å². The molecule has 1 fully saturated rings. The van der Waals surface area contributed by atoms with Gasteiger partial charge in [-0.05, 0) is 33.3 Å². The van der Waals surface area contributed by atoms with Crippen LogP contribution in [0, 0.1) is 6.92 Å². The van der Waals surface area contributed by atoms with Gasteiger partial charge in [0.05, 0.1) is 0 Å². The van der Waals surface area contributed by atoms with Gasteiger partial charge in [-0.3, -0.25) is 4.90 Å². The van der Waals surface area contributed by atoms with E-state index in [9.17, 15) is 0 Å². The van der Waals surface area contributed by atoms with Gasteiger partial charge < -0.3 is 5.32 Å². The molecule has 0 amide bonds. The van der Waals surface area contributed by atoms with Gasteiger partial charge in [0.25, 0.3) is 0 Å². The summed E-state index contributed by atoms with van der Waals surface area (Å²) < 4.78 is 0. The second kappa shape index (κ2) is 4.79. The molecule has 0 aromatic heterocycles. The van der Waals surface area contributed by atoms with Crippen molar-refractivity contribution < 1.29 is 0 Å². The Morgan fingerprint density at radius 3 is 2.59 bits per heavy atom. The van der Waals surface area contributed by atoms with E-state index in [4.69, 9.17) is 0 Å². The van der Waals surface area contributed by atoms with E-state index in [-0.39, 0.29) is 5.54 Å². The highest BCUT2D eigenvalue weighted by atomic mass is 15.2. The Morgan fingerprint density at radius 1 is 1.29 bits per heavy atom. The van der Waals surface area contributed by atoms with E-state index in [1.54, 1.807) is 0 Å². The highest BCUT2D eigenvalue weighted by Crippen LogP contribution is 2.18. The lowest BCUT2D eigenvalue weighted by Crippen LogP contribution is -2.60. The summed E-state index contributed by atoms with van der Waals surface area (Å²) in [6.07, 6.45) is 0. The minimum Gasteiger partial charge on any atom is -0.309 e. The minimum atomic E-state index is 0.233. The molecule has 2 heteroatoms. The van der Waals surface area contributed by atoms with Crippen molar-refractivity contribution in [1.82, 2.24) is 10.2 Å². The van der Waals surface area contributed by atoms with Gasteiger partial charge in [-0.2, -0.15) is 0 Å². The largest absolute Gasteiger partial charge is 0.309 e. The predicted molar refractivity (Wildman–Crippen MR) is 73.1 cm³/mol. The Bertz CT molecular complexity index is 367. The lowest BCUT2D eigenvalue weighted by molar-refractivity contribution is 0.0978. The smallest absolute Gasteiger partial charge is 0.0253 e. The van der Waals surface area contributed by atoms with Crippen LogP contribution in [0.25, 0.3) is 0 Å². The van der Waals surface area contributed by atoms with Gasteiger partial charge in [0.15, 0.2) is 0 Å². The van der Waals surface area contributed by atoms with Crippen molar-refractivity contribution in [2.75, 3.05) is 13.1 Å². The summed E-state index contributed by atoms with van der Waals surface area (Å²) in [5.74, 6) is 0.